The molecule has 0 aliphatic carbocycles. The molecule has 0 aliphatic rings. The normalized spacial score (nSPS) is 12.2. The van der Waals surface area contributed by atoms with Gasteiger partial charge in [-0.05, 0) is 38.1 Å². The molecule has 0 saturated heterocycles. The van der Waals surface area contributed by atoms with Gasteiger partial charge in [0, 0.05) is 18.5 Å². The molecule has 0 saturated carbocycles. The molecule has 0 aromatic heterocycles. The van der Waals surface area contributed by atoms with Crippen molar-refractivity contribution in [3.05, 3.63) is 24.3 Å². The molecule has 0 bridgehead atoms. The van der Waals surface area contributed by atoms with E-state index in [0.29, 0.717) is 5.69 Å². The molecule has 0 unspecified atom stereocenters. The average molecular weight is 271 g/mol. The van der Waals surface area contributed by atoms with Gasteiger partial charge in [-0.25, -0.2) is 8.42 Å². The Kier molecular flexibility index (Phi) is 4.01. The largest absolute Gasteiger partial charge is 0.481 e. The maximum Gasteiger partial charge on any atom is 0.310 e. The highest BCUT2D eigenvalue weighted by Gasteiger charge is 2.26. The molecule has 1 aromatic rings. The number of hydrogen-bond acceptors (Lipinski definition) is 4. The summed E-state index contributed by atoms with van der Waals surface area (Å²) in [6, 6.07) is 6.22. The molecule has 6 heteroatoms. The van der Waals surface area contributed by atoms with Gasteiger partial charge in [-0.1, -0.05) is 0 Å². The molecular weight excluding hydrogens is 254 g/mol. The van der Waals surface area contributed by atoms with Gasteiger partial charge in [-0.2, -0.15) is 0 Å². The number of hydrogen-bond donors (Lipinski definition) is 2. The fourth-order valence-electron chi connectivity index (χ4n) is 1.22. The first kappa shape index (κ1) is 14.5. The van der Waals surface area contributed by atoms with Gasteiger partial charge in [-0.3, -0.25) is 4.79 Å². The Hall–Kier alpha value is -1.56. The molecule has 0 aliphatic heterocycles. The van der Waals surface area contributed by atoms with Crippen LogP contribution in [0.5, 0.6) is 0 Å². The molecule has 0 radical (unpaired) electrons. The van der Waals surface area contributed by atoms with Gasteiger partial charge in [-0.15, -0.1) is 0 Å². The Morgan fingerprint density at radius 1 is 1.28 bits per heavy atom. The summed E-state index contributed by atoms with van der Waals surface area (Å²) in [5.74, 6) is -0.886. The fourth-order valence-corrected chi connectivity index (χ4v) is 1.85. The monoisotopic (exact) mass is 271 g/mol. The van der Waals surface area contributed by atoms with Crippen LogP contribution in [0.1, 0.15) is 13.8 Å². The van der Waals surface area contributed by atoms with Gasteiger partial charge in [0.05, 0.1) is 10.3 Å². The highest BCUT2D eigenvalue weighted by Crippen LogP contribution is 2.18. The van der Waals surface area contributed by atoms with Crippen molar-refractivity contribution in [2.24, 2.45) is 5.41 Å². The lowest BCUT2D eigenvalue weighted by Gasteiger charge is -2.20. The number of carbonyl (C=O) groups is 1. The van der Waals surface area contributed by atoms with Crippen LogP contribution in [0.2, 0.25) is 0 Å². The molecule has 1 rings (SSSR count). The van der Waals surface area contributed by atoms with E-state index in [4.69, 9.17) is 5.11 Å². The van der Waals surface area contributed by atoms with Crippen LogP contribution in [0, 0.1) is 5.41 Å². The van der Waals surface area contributed by atoms with Crippen LogP contribution in [0.4, 0.5) is 5.69 Å². The van der Waals surface area contributed by atoms with Crippen molar-refractivity contribution >= 4 is 21.5 Å². The Bertz CT molecular complexity index is 532. The lowest BCUT2D eigenvalue weighted by molar-refractivity contribution is -0.146. The van der Waals surface area contributed by atoms with Crippen LogP contribution in [0.25, 0.3) is 0 Å². The lowest BCUT2D eigenvalue weighted by Crippen LogP contribution is -2.31. The second kappa shape index (κ2) is 4.97. The smallest absolute Gasteiger partial charge is 0.310 e. The van der Waals surface area contributed by atoms with Crippen molar-refractivity contribution in [2.75, 3.05) is 18.1 Å². The molecule has 0 fully saturated rings. The first-order valence-corrected chi connectivity index (χ1v) is 7.29. The number of sulfone groups is 1. The Morgan fingerprint density at radius 2 is 1.78 bits per heavy atom. The molecule has 1 aromatic carbocycles. The molecule has 2 N–H and O–H groups in total. The van der Waals surface area contributed by atoms with Crippen molar-refractivity contribution in [1.29, 1.82) is 0 Å². The summed E-state index contributed by atoms with van der Waals surface area (Å²) in [5.41, 5.74) is -0.188. The molecular formula is C12H17NO4S. The van der Waals surface area contributed by atoms with E-state index < -0.39 is 21.2 Å². The van der Waals surface area contributed by atoms with Gasteiger partial charge >= 0.3 is 5.97 Å². The van der Waals surface area contributed by atoms with Crippen LogP contribution >= 0.6 is 0 Å². The SMILES string of the molecule is CC(C)(CNc1ccc(S(C)(=O)=O)cc1)C(=O)O. The van der Waals surface area contributed by atoms with Crippen LogP contribution in [-0.2, 0) is 14.6 Å². The molecule has 0 atom stereocenters. The molecule has 100 valence electrons. The van der Waals surface area contributed by atoms with Gasteiger partial charge in [0.15, 0.2) is 9.84 Å². The van der Waals surface area contributed by atoms with Crippen LogP contribution < -0.4 is 5.32 Å². The Morgan fingerprint density at radius 3 is 2.17 bits per heavy atom. The van der Waals surface area contributed by atoms with E-state index in [9.17, 15) is 13.2 Å². The van der Waals surface area contributed by atoms with Gasteiger partial charge < -0.3 is 10.4 Å². The van der Waals surface area contributed by atoms with Crippen molar-refractivity contribution in [3.63, 3.8) is 0 Å². The lowest BCUT2D eigenvalue weighted by atomic mass is 9.94. The summed E-state index contributed by atoms with van der Waals surface area (Å²) >= 11 is 0. The fraction of sp³-hybridized carbons (Fsp3) is 0.417. The quantitative estimate of drug-likeness (QED) is 0.850. The average Bonchev–Trinajstić information content (AvgIpc) is 2.25. The van der Waals surface area contributed by atoms with Gasteiger partial charge in [0.25, 0.3) is 0 Å². The third kappa shape index (κ3) is 3.73. The van der Waals surface area contributed by atoms with E-state index in [1.807, 2.05) is 0 Å². The third-order valence-electron chi connectivity index (χ3n) is 2.60. The maximum absolute atomic E-state index is 11.3. The minimum Gasteiger partial charge on any atom is -0.481 e. The van der Waals surface area contributed by atoms with Crippen LogP contribution in [-0.4, -0.2) is 32.3 Å². The van der Waals surface area contributed by atoms with E-state index in [0.717, 1.165) is 6.26 Å². The zero-order valence-electron chi connectivity index (χ0n) is 10.6. The van der Waals surface area contributed by atoms with E-state index in [1.54, 1.807) is 26.0 Å². The zero-order valence-corrected chi connectivity index (χ0v) is 11.4. The molecule has 0 amide bonds. The summed E-state index contributed by atoms with van der Waals surface area (Å²) in [7, 11) is -3.20. The van der Waals surface area contributed by atoms with Gasteiger partial charge in [0.2, 0.25) is 0 Å². The number of carboxylic acid groups (broad SMARTS) is 1. The number of rotatable bonds is 5. The second-order valence-corrected chi connectivity index (χ2v) is 6.85. The highest BCUT2D eigenvalue weighted by molar-refractivity contribution is 7.90. The third-order valence-corrected chi connectivity index (χ3v) is 3.72. The van der Waals surface area contributed by atoms with E-state index in [1.165, 1.54) is 12.1 Å². The number of anilines is 1. The molecule has 0 spiro atoms. The van der Waals surface area contributed by atoms with Crippen molar-refractivity contribution in [3.8, 4) is 0 Å². The number of nitrogens with one attached hydrogen (secondary N) is 1. The highest BCUT2D eigenvalue weighted by atomic mass is 32.2. The Balaban J connectivity index is 2.74. The molecule has 0 heterocycles. The summed E-state index contributed by atoms with van der Waals surface area (Å²) in [6.45, 7) is 3.50. The van der Waals surface area contributed by atoms with Crippen LogP contribution in [0.3, 0.4) is 0 Å². The van der Waals surface area contributed by atoms with E-state index >= 15 is 0 Å². The summed E-state index contributed by atoms with van der Waals surface area (Å²) < 4.78 is 22.5. The minimum atomic E-state index is -3.20. The van der Waals surface area contributed by atoms with E-state index in [2.05, 4.69) is 5.32 Å². The summed E-state index contributed by atoms with van der Waals surface area (Å²) in [4.78, 5) is 11.1. The second-order valence-electron chi connectivity index (χ2n) is 4.84. The standard InChI is InChI=1S/C12H17NO4S/c1-12(2,11(14)15)8-13-9-4-6-10(7-5-9)18(3,16)17/h4-7,13H,8H2,1-3H3,(H,14,15). The van der Waals surface area contributed by atoms with Crippen molar-refractivity contribution in [2.45, 2.75) is 18.7 Å². The number of aliphatic carboxylic acids is 1. The zero-order chi connectivity index (χ0) is 14.0. The molecule has 18 heavy (non-hydrogen) atoms. The summed E-state index contributed by atoms with van der Waals surface area (Å²) in [6.07, 6.45) is 1.14. The van der Waals surface area contributed by atoms with Crippen molar-refractivity contribution in [1.82, 2.24) is 0 Å². The first-order valence-electron chi connectivity index (χ1n) is 5.40. The number of benzene rings is 1. The molecule has 5 nitrogen and oxygen atoms in total. The van der Waals surface area contributed by atoms with Gasteiger partial charge in [0.1, 0.15) is 0 Å². The van der Waals surface area contributed by atoms with Crippen molar-refractivity contribution < 1.29 is 18.3 Å². The minimum absolute atomic E-state index is 0.241. The predicted octanol–water partition coefficient (Wildman–Crippen LogP) is 1.61. The topological polar surface area (TPSA) is 83.5 Å². The summed E-state index contributed by atoms with van der Waals surface area (Å²) in [5, 5.41) is 11.9. The van der Waals surface area contributed by atoms with Crippen LogP contribution in [0.15, 0.2) is 29.2 Å². The van der Waals surface area contributed by atoms with E-state index in [-0.39, 0.29) is 11.4 Å². The first-order chi connectivity index (χ1) is 8.13. The Labute approximate surface area is 107 Å². The predicted molar refractivity (Wildman–Crippen MR) is 69.5 cm³/mol. The number of carboxylic acids is 1. The maximum atomic E-state index is 11.3.